The predicted octanol–water partition coefficient (Wildman–Crippen LogP) is 3.07. The van der Waals surface area contributed by atoms with Crippen LogP contribution in [-0.2, 0) is 10.0 Å². The second kappa shape index (κ2) is 5.85. The van der Waals surface area contributed by atoms with E-state index in [2.05, 4.69) is 12.1 Å². The average molecular weight is 320 g/mol. The molecule has 0 spiro atoms. The number of hydrogen-bond acceptors (Lipinski definition) is 4. The highest BCUT2D eigenvalue weighted by Gasteiger charge is 2.27. The van der Waals surface area contributed by atoms with E-state index in [1.165, 1.54) is 0 Å². The van der Waals surface area contributed by atoms with Crippen molar-refractivity contribution in [3.05, 3.63) is 36.0 Å². The van der Waals surface area contributed by atoms with E-state index in [1.54, 1.807) is 28.6 Å². The summed E-state index contributed by atoms with van der Waals surface area (Å²) in [5, 5.41) is 3.84. The van der Waals surface area contributed by atoms with E-state index >= 15 is 0 Å². The summed E-state index contributed by atoms with van der Waals surface area (Å²) in [6, 6.07) is 8.63. The molecule has 1 aliphatic heterocycles. The zero-order chi connectivity index (χ0) is 15.7. The third kappa shape index (κ3) is 2.94. The first kappa shape index (κ1) is 15.2. The van der Waals surface area contributed by atoms with Gasteiger partial charge < -0.3 is 4.52 Å². The van der Waals surface area contributed by atoms with Crippen molar-refractivity contribution in [3.8, 4) is 11.3 Å². The molecule has 1 saturated heterocycles. The Morgan fingerprint density at radius 1 is 1.18 bits per heavy atom. The summed E-state index contributed by atoms with van der Waals surface area (Å²) < 4.78 is 32.0. The molecular formula is C16H20N2O3S. The third-order valence-corrected chi connectivity index (χ3v) is 6.06. The first-order chi connectivity index (χ1) is 10.5. The second-order valence-corrected chi connectivity index (χ2v) is 7.88. The van der Waals surface area contributed by atoms with Crippen LogP contribution in [0, 0.1) is 12.8 Å². The van der Waals surface area contributed by atoms with E-state index in [0.717, 1.165) is 24.1 Å². The lowest BCUT2D eigenvalue weighted by atomic mass is 10.0. The molecule has 5 nitrogen and oxygen atoms in total. The quantitative estimate of drug-likeness (QED) is 0.872. The highest BCUT2D eigenvalue weighted by atomic mass is 32.2. The van der Waals surface area contributed by atoms with Crippen molar-refractivity contribution in [2.24, 2.45) is 5.92 Å². The van der Waals surface area contributed by atoms with Crippen molar-refractivity contribution in [2.75, 3.05) is 13.1 Å². The number of piperidine rings is 1. The predicted molar refractivity (Wildman–Crippen MR) is 83.8 cm³/mol. The molecule has 0 bridgehead atoms. The van der Waals surface area contributed by atoms with Crippen LogP contribution in [0.2, 0.25) is 0 Å². The molecule has 118 valence electrons. The minimum Gasteiger partial charge on any atom is -0.356 e. The van der Waals surface area contributed by atoms with Gasteiger partial charge in [-0.05, 0) is 49.9 Å². The summed E-state index contributed by atoms with van der Waals surface area (Å²) in [5.74, 6) is 1.25. The third-order valence-electron chi connectivity index (χ3n) is 4.15. The molecule has 0 unspecified atom stereocenters. The highest BCUT2D eigenvalue weighted by Crippen LogP contribution is 2.26. The van der Waals surface area contributed by atoms with Crippen molar-refractivity contribution < 1.29 is 12.9 Å². The summed E-state index contributed by atoms with van der Waals surface area (Å²) in [6.07, 6.45) is 1.85. The van der Waals surface area contributed by atoms with Crippen LogP contribution in [0.5, 0.6) is 0 Å². The van der Waals surface area contributed by atoms with Crippen LogP contribution in [0.3, 0.4) is 0 Å². The Labute approximate surface area is 131 Å². The number of aryl methyl sites for hydroxylation is 1. The van der Waals surface area contributed by atoms with E-state index in [-0.39, 0.29) is 0 Å². The molecule has 0 amide bonds. The molecule has 3 rings (SSSR count). The topological polar surface area (TPSA) is 63.4 Å². The summed E-state index contributed by atoms with van der Waals surface area (Å²) in [6.45, 7) is 5.22. The summed E-state index contributed by atoms with van der Waals surface area (Å²) in [5.41, 5.74) is 1.63. The smallest absolute Gasteiger partial charge is 0.243 e. The number of hydrogen-bond donors (Lipinski definition) is 0. The minimum atomic E-state index is -3.39. The number of aromatic nitrogens is 1. The molecule has 1 aliphatic rings. The van der Waals surface area contributed by atoms with Crippen LogP contribution in [-0.4, -0.2) is 31.0 Å². The van der Waals surface area contributed by atoms with Crippen LogP contribution in [0.25, 0.3) is 11.3 Å². The first-order valence-electron chi connectivity index (χ1n) is 7.51. The van der Waals surface area contributed by atoms with Crippen molar-refractivity contribution in [1.29, 1.82) is 0 Å². The fourth-order valence-corrected chi connectivity index (χ4v) is 4.13. The van der Waals surface area contributed by atoms with Gasteiger partial charge in [-0.2, -0.15) is 4.31 Å². The molecule has 22 heavy (non-hydrogen) atoms. The molecular weight excluding hydrogens is 300 g/mol. The Morgan fingerprint density at radius 3 is 2.36 bits per heavy atom. The summed E-state index contributed by atoms with van der Waals surface area (Å²) in [7, 11) is -3.39. The maximum atomic E-state index is 12.6. The van der Waals surface area contributed by atoms with Gasteiger partial charge >= 0.3 is 0 Å². The van der Waals surface area contributed by atoms with Crippen LogP contribution in [0.15, 0.2) is 39.8 Å². The van der Waals surface area contributed by atoms with Gasteiger partial charge in [-0.15, -0.1) is 0 Å². The Balaban J connectivity index is 1.82. The Kier molecular flexibility index (Phi) is 4.06. The first-order valence-corrected chi connectivity index (χ1v) is 8.95. The number of sulfonamides is 1. The lowest BCUT2D eigenvalue weighted by molar-refractivity contribution is 0.288. The molecule has 0 saturated carbocycles. The van der Waals surface area contributed by atoms with Gasteiger partial charge in [-0.1, -0.05) is 12.1 Å². The van der Waals surface area contributed by atoms with Crippen molar-refractivity contribution in [3.63, 3.8) is 0 Å². The van der Waals surface area contributed by atoms with Crippen molar-refractivity contribution >= 4 is 10.0 Å². The van der Waals surface area contributed by atoms with Crippen LogP contribution < -0.4 is 0 Å². The molecule has 6 heteroatoms. The van der Waals surface area contributed by atoms with Crippen LogP contribution >= 0.6 is 0 Å². The average Bonchev–Trinajstić information content (AvgIpc) is 2.94. The van der Waals surface area contributed by atoms with E-state index in [1.807, 2.05) is 13.0 Å². The SMILES string of the molecule is Cc1cc(-c2ccc(S(=O)(=O)N3CCC(C)CC3)cc2)on1. The summed E-state index contributed by atoms with van der Waals surface area (Å²) in [4.78, 5) is 0.335. The van der Waals surface area contributed by atoms with E-state index in [0.29, 0.717) is 29.7 Å². The molecule has 0 radical (unpaired) electrons. The lowest BCUT2D eigenvalue weighted by Gasteiger charge is -2.29. The zero-order valence-corrected chi connectivity index (χ0v) is 13.6. The number of benzene rings is 1. The van der Waals surface area contributed by atoms with Gasteiger partial charge in [0.05, 0.1) is 10.6 Å². The Bertz CT molecular complexity index is 742. The van der Waals surface area contributed by atoms with E-state index < -0.39 is 10.0 Å². The molecule has 2 aromatic rings. The Hall–Kier alpha value is -1.66. The molecule has 0 atom stereocenters. The number of rotatable bonds is 3. The van der Waals surface area contributed by atoms with Crippen LogP contribution in [0.4, 0.5) is 0 Å². The van der Waals surface area contributed by atoms with E-state index in [4.69, 9.17) is 4.52 Å². The van der Waals surface area contributed by atoms with Crippen LogP contribution in [0.1, 0.15) is 25.5 Å². The maximum Gasteiger partial charge on any atom is 0.243 e. The highest BCUT2D eigenvalue weighted by molar-refractivity contribution is 7.89. The van der Waals surface area contributed by atoms with Gasteiger partial charge in [-0.25, -0.2) is 8.42 Å². The fourth-order valence-electron chi connectivity index (χ4n) is 2.67. The van der Waals surface area contributed by atoms with Gasteiger partial charge in [0, 0.05) is 24.7 Å². The number of nitrogens with zero attached hydrogens (tertiary/aromatic N) is 2. The molecule has 1 fully saturated rings. The Morgan fingerprint density at radius 2 is 1.82 bits per heavy atom. The largest absolute Gasteiger partial charge is 0.356 e. The fraction of sp³-hybridized carbons (Fsp3) is 0.438. The molecule has 2 heterocycles. The van der Waals surface area contributed by atoms with Gasteiger partial charge in [0.25, 0.3) is 0 Å². The van der Waals surface area contributed by atoms with Crippen molar-refractivity contribution in [2.45, 2.75) is 31.6 Å². The molecule has 1 aromatic heterocycles. The molecule has 0 N–H and O–H groups in total. The van der Waals surface area contributed by atoms with Gasteiger partial charge in [-0.3, -0.25) is 0 Å². The van der Waals surface area contributed by atoms with Gasteiger partial charge in [0.1, 0.15) is 0 Å². The maximum absolute atomic E-state index is 12.6. The standard InChI is InChI=1S/C16H20N2O3S/c1-12-7-9-18(10-8-12)22(19,20)15-5-3-14(4-6-15)16-11-13(2)17-21-16/h3-6,11-12H,7-10H2,1-2H3. The van der Waals surface area contributed by atoms with Gasteiger partial charge in [0.15, 0.2) is 5.76 Å². The monoisotopic (exact) mass is 320 g/mol. The molecule has 0 aliphatic carbocycles. The summed E-state index contributed by atoms with van der Waals surface area (Å²) >= 11 is 0. The normalized spacial score (nSPS) is 17.7. The zero-order valence-electron chi connectivity index (χ0n) is 12.8. The van der Waals surface area contributed by atoms with Crippen molar-refractivity contribution in [1.82, 2.24) is 9.46 Å². The molecule has 1 aromatic carbocycles. The van der Waals surface area contributed by atoms with Gasteiger partial charge in [0.2, 0.25) is 10.0 Å². The van der Waals surface area contributed by atoms with E-state index in [9.17, 15) is 8.42 Å². The minimum absolute atomic E-state index is 0.335. The lowest BCUT2D eigenvalue weighted by Crippen LogP contribution is -2.37. The second-order valence-electron chi connectivity index (χ2n) is 5.94.